The van der Waals surface area contributed by atoms with Crippen molar-refractivity contribution < 1.29 is 27.2 Å². The highest BCUT2D eigenvalue weighted by atomic mass is 32.2. The van der Waals surface area contributed by atoms with Crippen LogP contribution in [0.25, 0.3) is 22.1 Å². The van der Waals surface area contributed by atoms with Crippen molar-refractivity contribution in [3.63, 3.8) is 0 Å². The Morgan fingerprint density at radius 3 is 2.14 bits per heavy atom. The van der Waals surface area contributed by atoms with Gasteiger partial charge in [0.05, 0.1) is 12.0 Å². The van der Waals surface area contributed by atoms with Crippen LogP contribution in [0.2, 0.25) is 0 Å². The van der Waals surface area contributed by atoms with Crippen molar-refractivity contribution in [1.82, 2.24) is 4.72 Å². The summed E-state index contributed by atoms with van der Waals surface area (Å²) in [5, 5.41) is 3.90. The van der Waals surface area contributed by atoms with E-state index < -0.39 is 22.0 Å². The molecular formula is C32H35N3O6S. The highest BCUT2D eigenvalue weighted by Crippen LogP contribution is 2.35. The first-order valence-corrected chi connectivity index (χ1v) is 15.5. The second kappa shape index (κ2) is 12.0. The smallest absolute Gasteiger partial charge is 0.324 e. The van der Waals surface area contributed by atoms with Crippen LogP contribution in [0.1, 0.15) is 42.8 Å². The minimum atomic E-state index is -3.94. The fourth-order valence-corrected chi connectivity index (χ4v) is 6.63. The Kier molecular flexibility index (Phi) is 8.38. The predicted octanol–water partition coefficient (Wildman–Crippen LogP) is 5.74. The number of carbonyl (C=O) groups excluding carboxylic acids is 2. The highest BCUT2D eigenvalue weighted by Gasteiger charge is 2.29. The standard InChI is InChI=1S/C32H35N3O6S/c1-20(2)29(32(37)40-4)34-42(38,39)25-16-12-23(13-17-25)22-10-14-24(15-11-22)33-31(36)30-21(3)28-26(35-18-5-6-19-35)8-7-9-27(28)41-30/h7-17,20,29,34H,5-6,18-19H2,1-4H3,(H,33,36)/t29-/m0/s1. The molecule has 1 atom stereocenters. The van der Waals surface area contributed by atoms with Crippen LogP contribution in [-0.2, 0) is 19.6 Å². The second-order valence-electron chi connectivity index (χ2n) is 10.8. The number of nitrogens with zero attached hydrogens (tertiary/aromatic N) is 1. The van der Waals surface area contributed by atoms with E-state index in [1.54, 1.807) is 38.1 Å². The number of methoxy groups -OCH3 is 1. The van der Waals surface area contributed by atoms with Crippen molar-refractivity contribution in [2.45, 2.75) is 44.6 Å². The van der Waals surface area contributed by atoms with E-state index in [4.69, 9.17) is 9.15 Å². The third kappa shape index (κ3) is 5.91. The molecule has 1 aliphatic heterocycles. The average molecular weight is 590 g/mol. The largest absolute Gasteiger partial charge is 0.468 e. The van der Waals surface area contributed by atoms with E-state index in [1.165, 1.54) is 19.2 Å². The molecule has 0 spiro atoms. The summed E-state index contributed by atoms with van der Waals surface area (Å²) in [5.41, 5.74) is 4.86. The lowest BCUT2D eigenvalue weighted by Crippen LogP contribution is -2.44. The van der Waals surface area contributed by atoms with Crippen LogP contribution in [0.4, 0.5) is 11.4 Å². The summed E-state index contributed by atoms with van der Waals surface area (Å²) in [7, 11) is -2.71. The van der Waals surface area contributed by atoms with E-state index in [9.17, 15) is 18.0 Å². The molecule has 10 heteroatoms. The molecule has 2 N–H and O–H groups in total. The minimum absolute atomic E-state index is 0.0405. The molecule has 0 bridgehead atoms. The summed E-state index contributed by atoms with van der Waals surface area (Å²) in [6.45, 7) is 7.40. The molecule has 3 aromatic carbocycles. The summed E-state index contributed by atoms with van der Waals surface area (Å²) in [4.78, 5) is 27.6. The minimum Gasteiger partial charge on any atom is -0.468 e. The van der Waals surface area contributed by atoms with Gasteiger partial charge in [-0.25, -0.2) is 8.42 Å². The molecule has 9 nitrogen and oxygen atoms in total. The zero-order valence-electron chi connectivity index (χ0n) is 24.1. The Balaban J connectivity index is 1.29. The first kappa shape index (κ1) is 29.3. The Bertz CT molecular complexity index is 1700. The topological polar surface area (TPSA) is 118 Å². The zero-order valence-corrected chi connectivity index (χ0v) is 25.0. The van der Waals surface area contributed by atoms with Crippen LogP contribution in [0.3, 0.4) is 0 Å². The van der Waals surface area contributed by atoms with E-state index in [0.717, 1.165) is 53.7 Å². The van der Waals surface area contributed by atoms with Gasteiger partial charge in [0.2, 0.25) is 10.0 Å². The second-order valence-corrected chi connectivity index (χ2v) is 12.5. The first-order chi connectivity index (χ1) is 20.1. The zero-order chi connectivity index (χ0) is 30.0. The molecule has 5 rings (SSSR count). The Labute approximate surface area is 245 Å². The van der Waals surface area contributed by atoms with E-state index in [-0.39, 0.29) is 22.5 Å². The van der Waals surface area contributed by atoms with E-state index >= 15 is 0 Å². The van der Waals surface area contributed by atoms with Crippen LogP contribution in [0, 0.1) is 12.8 Å². The van der Waals surface area contributed by atoms with E-state index in [1.807, 2.05) is 31.2 Å². The number of nitrogens with one attached hydrogen (secondary N) is 2. The van der Waals surface area contributed by atoms with E-state index in [0.29, 0.717) is 11.3 Å². The lowest BCUT2D eigenvalue weighted by molar-refractivity contribution is -0.143. The van der Waals surface area contributed by atoms with Gasteiger partial charge < -0.3 is 19.4 Å². The molecule has 0 unspecified atom stereocenters. The molecule has 42 heavy (non-hydrogen) atoms. The van der Waals surface area contributed by atoms with Crippen LogP contribution >= 0.6 is 0 Å². The number of rotatable bonds is 9. The Morgan fingerprint density at radius 2 is 1.55 bits per heavy atom. The molecule has 1 fully saturated rings. The molecule has 2 heterocycles. The Morgan fingerprint density at radius 1 is 0.929 bits per heavy atom. The van der Waals surface area contributed by atoms with Crippen LogP contribution in [0.15, 0.2) is 76.0 Å². The van der Waals surface area contributed by atoms with Gasteiger partial charge in [-0.2, -0.15) is 4.72 Å². The first-order valence-electron chi connectivity index (χ1n) is 14.0. The molecule has 1 saturated heterocycles. The van der Waals surface area contributed by atoms with Gasteiger partial charge in [-0.05, 0) is 73.2 Å². The SMILES string of the molecule is COC(=O)[C@@H](NS(=O)(=O)c1ccc(-c2ccc(NC(=O)c3oc4cccc(N5CCCC5)c4c3C)cc2)cc1)C(C)C. The van der Waals surface area contributed by atoms with Crippen molar-refractivity contribution in [1.29, 1.82) is 0 Å². The number of ether oxygens (including phenoxy) is 1. The average Bonchev–Trinajstić information content (AvgIpc) is 3.64. The number of amides is 1. The maximum absolute atomic E-state index is 13.2. The number of anilines is 2. The Hall–Kier alpha value is -4.15. The number of hydrogen-bond acceptors (Lipinski definition) is 7. The monoisotopic (exact) mass is 589 g/mol. The summed E-state index contributed by atoms with van der Waals surface area (Å²) >= 11 is 0. The maximum Gasteiger partial charge on any atom is 0.324 e. The molecule has 0 saturated carbocycles. The number of carbonyl (C=O) groups is 2. The van der Waals surface area contributed by atoms with Gasteiger partial charge in [-0.15, -0.1) is 0 Å². The molecular weight excluding hydrogens is 554 g/mol. The molecule has 4 aromatic rings. The van der Waals surface area contributed by atoms with E-state index in [2.05, 4.69) is 21.0 Å². The highest BCUT2D eigenvalue weighted by molar-refractivity contribution is 7.89. The lowest BCUT2D eigenvalue weighted by Gasteiger charge is -2.19. The van der Waals surface area contributed by atoms with Crippen molar-refractivity contribution in [3.05, 3.63) is 78.1 Å². The van der Waals surface area contributed by atoms with Gasteiger partial charge in [0.15, 0.2) is 5.76 Å². The van der Waals surface area contributed by atoms with Gasteiger partial charge in [0.25, 0.3) is 5.91 Å². The number of hydrogen-bond donors (Lipinski definition) is 2. The maximum atomic E-state index is 13.2. The van der Waals surface area contributed by atoms with Gasteiger partial charge >= 0.3 is 5.97 Å². The van der Waals surface area contributed by atoms with Crippen molar-refractivity contribution in [2.75, 3.05) is 30.4 Å². The van der Waals surface area contributed by atoms with Crippen LogP contribution < -0.4 is 14.9 Å². The van der Waals surface area contributed by atoms with Crippen molar-refractivity contribution in [2.24, 2.45) is 5.92 Å². The van der Waals surface area contributed by atoms with Gasteiger partial charge in [-0.3, -0.25) is 9.59 Å². The van der Waals surface area contributed by atoms with Crippen molar-refractivity contribution >= 4 is 44.2 Å². The summed E-state index contributed by atoms with van der Waals surface area (Å²) in [6, 6.07) is 18.6. The fourth-order valence-electron chi connectivity index (χ4n) is 5.30. The molecule has 1 aromatic heterocycles. The quantitative estimate of drug-likeness (QED) is 0.239. The summed E-state index contributed by atoms with van der Waals surface area (Å²) < 4.78 is 38.9. The lowest BCUT2D eigenvalue weighted by atomic mass is 10.1. The number of aryl methyl sites for hydroxylation is 1. The molecule has 220 valence electrons. The fraction of sp³-hybridized carbons (Fsp3) is 0.312. The summed E-state index contributed by atoms with van der Waals surface area (Å²) in [6.07, 6.45) is 2.32. The van der Waals surface area contributed by atoms with Crippen LogP contribution in [-0.4, -0.2) is 46.5 Å². The molecule has 0 radical (unpaired) electrons. The summed E-state index contributed by atoms with van der Waals surface area (Å²) in [5.74, 6) is -0.955. The third-order valence-electron chi connectivity index (χ3n) is 7.63. The van der Waals surface area contributed by atoms with Gasteiger partial charge in [-0.1, -0.05) is 44.2 Å². The van der Waals surface area contributed by atoms with Crippen LogP contribution in [0.5, 0.6) is 0 Å². The molecule has 1 amide bonds. The van der Waals surface area contributed by atoms with Gasteiger partial charge in [0.1, 0.15) is 11.6 Å². The number of benzene rings is 3. The number of esters is 1. The third-order valence-corrected chi connectivity index (χ3v) is 9.09. The normalized spacial score (nSPS) is 14.4. The number of furan rings is 1. The number of fused-ring (bicyclic) bond motifs is 1. The molecule has 1 aliphatic rings. The molecule has 0 aliphatic carbocycles. The number of sulfonamides is 1. The predicted molar refractivity (Wildman–Crippen MR) is 163 cm³/mol. The van der Waals surface area contributed by atoms with Crippen molar-refractivity contribution in [3.8, 4) is 11.1 Å². The van der Waals surface area contributed by atoms with Gasteiger partial charge in [0, 0.05) is 35.4 Å².